The zero-order valence-corrected chi connectivity index (χ0v) is 19.4. The summed E-state index contributed by atoms with van der Waals surface area (Å²) >= 11 is 0. The van der Waals surface area contributed by atoms with Crippen molar-refractivity contribution in [2.24, 2.45) is 4.99 Å². The van der Waals surface area contributed by atoms with Crippen LogP contribution in [0.2, 0.25) is 0 Å². The van der Waals surface area contributed by atoms with Crippen molar-refractivity contribution in [2.75, 3.05) is 33.0 Å². The van der Waals surface area contributed by atoms with Gasteiger partial charge in [0.1, 0.15) is 0 Å². The highest BCUT2D eigenvalue weighted by atomic mass is 127. The van der Waals surface area contributed by atoms with Gasteiger partial charge in [0.25, 0.3) is 0 Å². The summed E-state index contributed by atoms with van der Waals surface area (Å²) in [7, 11) is -1.42. The molecule has 0 spiro atoms. The van der Waals surface area contributed by atoms with Crippen molar-refractivity contribution in [3.63, 3.8) is 0 Å². The summed E-state index contributed by atoms with van der Waals surface area (Å²) in [5, 5.41) is 6.44. The van der Waals surface area contributed by atoms with Crippen LogP contribution in [0.15, 0.2) is 64.5 Å². The molecule has 0 aromatic heterocycles. The summed E-state index contributed by atoms with van der Waals surface area (Å²) in [4.78, 5) is 4.52. The average Bonchev–Trinajstić information content (AvgIpc) is 2.67. The summed E-state index contributed by atoms with van der Waals surface area (Å²) in [6.07, 6.45) is 1.98. The smallest absolute Gasteiger partial charge is 0.191 e. The quantitative estimate of drug-likeness (QED) is 0.232. The molecule has 8 heteroatoms. The van der Waals surface area contributed by atoms with Crippen molar-refractivity contribution >= 4 is 39.8 Å². The van der Waals surface area contributed by atoms with E-state index in [0.717, 1.165) is 17.5 Å². The average molecular weight is 517 g/mol. The van der Waals surface area contributed by atoms with Gasteiger partial charge in [0, 0.05) is 26.4 Å². The molecule has 0 aliphatic heterocycles. The number of hydrogen-bond donors (Lipinski definition) is 2. The first-order chi connectivity index (χ1) is 13.0. The number of nitrogens with one attached hydrogen (secondary N) is 2. The fourth-order valence-electron chi connectivity index (χ4n) is 2.46. The fourth-order valence-corrected chi connectivity index (χ4v) is 3.09. The number of benzene rings is 2. The van der Waals surface area contributed by atoms with Crippen LogP contribution in [0, 0.1) is 0 Å². The molecular formula is C20H28IN3O3S. The Hall–Kier alpha value is -1.65. The molecule has 2 N–H and O–H groups in total. The Kier molecular flexibility index (Phi) is 11.1. The van der Waals surface area contributed by atoms with Crippen molar-refractivity contribution in [1.82, 2.24) is 10.6 Å². The minimum absolute atomic E-state index is 0. The highest BCUT2D eigenvalue weighted by Crippen LogP contribution is 2.10. The number of halogens is 1. The normalized spacial score (nSPS) is 11.6. The Labute approximate surface area is 184 Å². The van der Waals surface area contributed by atoms with Crippen molar-refractivity contribution in [3.8, 4) is 0 Å². The van der Waals surface area contributed by atoms with Gasteiger partial charge in [-0.15, -0.1) is 24.0 Å². The molecule has 0 bridgehead atoms. The second-order valence-corrected chi connectivity index (χ2v) is 8.15. The molecule has 0 aliphatic carbocycles. The van der Waals surface area contributed by atoms with Gasteiger partial charge in [0.15, 0.2) is 15.8 Å². The first-order valence-electron chi connectivity index (χ1n) is 8.84. The first-order valence-corrected chi connectivity index (χ1v) is 10.7. The third-order valence-corrected chi connectivity index (χ3v) is 5.06. The zero-order valence-electron chi connectivity index (χ0n) is 16.2. The Morgan fingerprint density at radius 3 is 2.21 bits per heavy atom. The van der Waals surface area contributed by atoms with Gasteiger partial charge in [0.05, 0.1) is 18.1 Å². The van der Waals surface area contributed by atoms with Crippen molar-refractivity contribution < 1.29 is 13.2 Å². The van der Waals surface area contributed by atoms with Crippen LogP contribution >= 0.6 is 24.0 Å². The van der Waals surface area contributed by atoms with E-state index < -0.39 is 9.84 Å². The van der Waals surface area contributed by atoms with Crippen LogP contribution in [0.5, 0.6) is 0 Å². The largest absolute Gasteiger partial charge is 0.375 e. The van der Waals surface area contributed by atoms with Crippen LogP contribution in [-0.4, -0.2) is 47.4 Å². The molecule has 6 nitrogen and oxygen atoms in total. The molecule has 2 rings (SSSR count). The second-order valence-electron chi connectivity index (χ2n) is 6.13. The summed E-state index contributed by atoms with van der Waals surface area (Å²) in [5.74, 6) is 0.714. The summed E-state index contributed by atoms with van der Waals surface area (Å²) in [5.41, 5.74) is 2.22. The first kappa shape index (κ1) is 24.4. The van der Waals surface area contributed by atoms with Gasteiger partial charge in [-0.3, -0.25) is 4.99 Å². The Balaban J connectivity index is 0.00000392. The molecule has 28 heavy (non-hydrogen) atoms. The standard InChI is InChI=1S/C20H27N3O3S.HI/c1-21-20(23-14-15-26-16-18-6-4-3-5-7-18)22-13-12-17-8-10-19(11-9-17)27(2,24)25;/h3-11H,12-16H2,1-2H3,(H2,21,22,23);1H. The van der Waals surface area contributed by atoms with Crippen molar-refractivity contribution in [2.45, 2.75) is 17.9 Å². The molecule has 2 aromatic carbocycles. The summed E-state index contributed by atoms with van der Waals surface area (Å²) in [6, 6.07) is 17.0. The number of aliphatic imine (C=N–C) groups is 1. The number of guanidine groups is 1. The Morgan fingerprint density at radius 1 is 0.964 bits per heavy atom. The molecule has 0 aliphatic rings. The SMILES string of the molecule is CN=C(NCCOCc1ccccc1)NCCc1ccc(S(C)(=O)=O)cc1.I. The van der Waals surface area contributed by atoms with E-state index in [1.165, 1.54) is 6.26 Å². The van der Waals surface area contributed by atoms with E-state index in [4.69, 9.17) is 4.74 Å². The maximum atomic E-state index is 11.5. The van der Waals surface area contributed by atoms with Crippen LogP contribution in [0.1, 0.15) is 11.1 Å². The molecular weight excluding hydrogens is 489 g/mol. The van der Waals surface area contributed by atoms with Crippen molar-refractivity contribution in [3.05, 3.63) is 65.7 Å². The molecule has 2 aromatic rings. The molecule has 0 saturated carbocycles. The number of ether oxygens (including phenoxy) is 1. The number of sulfone groups is 1. The lowest BCUT2D eigenvalue weighted by molar-refractivity contribution is 0.125. The van der Waals surface area contributed by atoms with E-state index in [-0.39, 0.29) is 24.0 Å². The highest BCUT2D eigenvalue weighted by molar-refractivity contribution is 14.0. The monoisotopic (exact) mass is 517 g/mol. The lowest BCUT2D eigenvalue weighted by atomic mass is 10.1. The number of rotatable bonds is 9. The fraction of sp³-hybridized carbons (Fsp3) is 0.350. The van der Waals surface area contributed by atoms with E-state index in [1.54, 1.807) is 19.2 Å². The van der Waals surface area contributed by atoms with Gasteiger partial charge in [-0.05, 0) is 29.7 Å². The van der Waals surface area contributed by atoms with Gasteiger partial charge < -0.3 is 15.4 Å². The lowest BCUT2D eigenvalue weighted by Gasteiger charge is -2.12. The molecule has 0 unspecified atom stereocenters. The molecule has 0 radical (unpaired) electrons. The molecule has 0 amide bonds. The van der Waals surface area contributed by atoms with Crippen LogP contribution in [0.4, 0.5) is 0 Å². The van der Waals surface area contributed by atoms with Crippen LogP contribution < -0.4 is 10.6 Å². The van der Waals surface area contributed by atoms with Gasteiger partial charge in [-0.25, -0.2) is 8.42 Å². The van der Waals surface area contributed by atoms with Gasteiger partial charge in [-0.2, -0.15) is 0 Å². The minimum atomic E-state index is -3.15. The Bertz CT molecular complexity index is 826. The number of hydrogen-bond acceptors (Lipinski definition) is 4. The van der Waals surface area contributed by atoms with E-state index in [2.05, 4.69) is 15.6 Å². The minimum Gasteiger partial charge on any atom is -0.375 e. The molecule has 0 heterocycles. The van der Waals surface area contributed by atoms with Crippen molar-refractivity contribution in [1.29, 1.82) is 0 Å². The van der Waals surface area contributed by atoms with Gasteiger partial charge in [-0.1, -0.05) is 42.5 Å². The second kappa shape index (κ2) is 12.7. The third-order valence-electron chi connectivity index (χ3n) is 3.93. The maximum absolute atomic E-state index is 11.5. The van der Waals surface area contributed by atoms with Crippen LogP contribution in [-0.2, 0) is 27.6 Å². The predicted molar refractivity (Wildman–Crippen MR) is 124 cm³/mol. The zero-order chi connectivity index (χ0) is 19.5. The highest BCUT2D eigenvalue weighted by Gasteiger charge is 2.06. The Morgan fingerprint density at radius 2 is 1.61 bits per heavy atom. The van der Waals surface area contributed by atoms with E-state index in [0.29, 0.717) is 37.2 Å². The summed E-state index contributed by atoms with van der Waals surface area (Å²) < 4.78 is 28.6. The van der Waals surface area contributed by atoms with E-state index >= 15 is 0 Å². The van der Waals surface area contributed by atoms with Crippen LogP contribution in [0.3, 0.4) is 0 Å². The van der Waals surface area contributed by atoms with Gasteiger partial charge in [0.2, 0.25) is 0 Å². The van der Waals surface area contributed by atoms with E-state index in [9.17, 15) is 8.42 Å². The predicted octanol–water partition coefficient (Wildman–Crippen LogP) is 2.63. The number of nitrogens with zero attached hydrogens (tertiary/aromatic N) is 1. The summed E-state index contributed by atoms with van der Waals surface area (Å²) in [6.45, 7) is 2.54. The molecule has 0 atom stereocenters. The third kappa shape index (κ3) is 9.03. The topological polar surface area (TPSA) is 79.8 Å². The lowest BCUT2D eigenvalue weighted by Crippen LogP contribution is -2.39. The molecule has 154 valence electrons. The molecule has 0 fully saturated rings. The van der Waals surface area contributed by atoms with Crippen LogP contribution in [0.25, 0.3) is 0 Å². The van der Waals surface area contributed by atoms with E-state index in [1.807, 2.05) is 42.5 Å². The maximum Gasteiger partial charge on any atom is 0.191 e. The van der Waals surface area contributed by atoms with Gasteiger partial charge >= 0.3 is 0 Å². The molecule has 0 saturated heterocycles.